The Hall–Kier alpha value is -1.43. The Morgan fingerprint density at radius 2 is 1.95 bits per heavy atom. The lowest BCUT2D eigenvalue weighted by molar-refractivity contribution is 0.581. The summed E-state index contributed by atoms with van der Waals surface area (Å²) in [5.41, 5.74) is 1.92. The van der Waals surface area contributed by atoms with Crippen molar-refractivity contribution in [2.45, 2.75) is 30.2 Å². The fourth-order valence-electron chi connectivity index (χ4n) is 2.08. The normalized spacial score (nSPS) is 15.1. The van der Waals surface area contributed by atoms with Crippen LogP contribution in [0.4, 0.5) is 0 Å². The van der Waals surface area contributed by atoms with E-state index in [-0.39, 0.29) is 16.5 Å². The lowest BCUT2D eigenvalue weighted by Crippen LogP contribution is -2.23. The highest BCUT2D eigenvalue weighted by molar-refractivity contribution is 7.89. The molecule has 1 heterocycles. The molecule has 110 valence electrons. The van der Waals surface area contributed by atoms with Crippen LogP contribution in [0.3, 0.4) is 0 Å². The van der Waals surface area contributed by atoms with Crippen LogP contribution in [-0.4, -0.2) is 13.4 Å². The number of nitrogens with one attached hydrogen (secondary N) is 1. The molecule has 1 aliphatic carbocycles. The molecule has 1 saturated carbocycles. The Balaban J connectivity index is 1.70. The van der Waals surface area contributed by atoms with Crippen molar-refractivity contribution in [3.63, 3.8) is 0 Å². The van der Waals surface area contributed by atoms with E-state index in [0.29, 0.717) is 5.92 Å². The monoisotopic (exact) mass is 322 g/mol. The largest absolute Gasteiger partial charge is 0.261 e. The molecule has 0 spiro atoms. The highest BCUT2D eigenvalue weighted by Gasteiger charge is 2.24. The minimum Gasteiger partial charge on any atom is -0.261 e. The molecule has 2 aromatic rings. The van der Waals surface area contributed by atoms with Crippen molar-refractivity contribution in [1.29, 1.82) is 0 Å². The van der Waals surface area contributed by atoms with Crippen molar-refractivity contribution in [1.82, 2.24) is 9.71 Å². The molecule has 3 rings (SSSR count). The first-order valence-electron chi connectivity index (χ1n) is 6.75. The van der Waals surface area contributed by atoms with E-state index >= 15 is 0 Å². The number of hydrogen-bond acceptors (Lipinski definition) is 3. The van der Waals surface area contributed by atoms with E-state index < -0.39 is 10.0 Å². The van der Waals surface area contributed by atoms with Gasteiger partial charge in [-0.05, 0) is 36.6 Å². The van der Waals surface area contributed by atoms with Crippen molar-refractivity contribution < 1.29 is 8.42 Å². The minimum atomic E-state index is -3.61. The van der Waals surface area contributed by atoms with E-state index in [2.05, 4.69) is 9.71 Å². The van der Waals surface area contributed by atoms with Crippen LogP contribution in [0.1, 0.15) is 30.0 Å². The molecule has 1 aliphatic rings. The van der Waals surface area contributed by atoms with E-state index in [1.165, 1.54) is 18.9 Å². The number of hydrogen-bond donors (Lipinski definition) is 1. The zero-order chi connectivity index (χ0) is 14.9. The SMILES string of the molecule is O=S(=O)(NCc1ccc(C2CC2)nc1)c1ccccc1Cl. The van der Waals surface area contributed by atoms with Crippen LogP contribution in [0, 0.1) is 0 Å². The van der Waals surface area contributed by atoms with Crippen LogP contribution in [0.15, 0.2) is 47.5 Å². The van der Waals surface area contributed by atoms with Crippen LogP contribution >= 0.6 is 11.6 Å². The topological polar surface area (TPSA) is 59.1 Å². The standard InChI is InChI=1S/C15H15ClN2O2S/c16-13-3-1-2-4-15(13)21(19,20)18-10-11-5-8-14(17-9-11)12-6-7-12/h1-5,8-9,12,18H,6-7,10H2. The van der Waals surface area contributed by atoms with Gasteiger partial charge in [0, 0.05) is 24.4 Å². The van der Waals surface area contributed by atoms with Gasteiger partial charge in [-0.15, -0.1) is 0 Å². The molecule has 1 fully saturated rings. The molecule has 0 atom stereocenters. The first-order valence-corrected chi connectivity index (χ1v) is 8.61. The molecule has 1 aromatic carbocycles. The fraction of sp³-hybridized carbons (Fsp3) is 0.267. The van der Waals surface area contributed by atoms with Crippen LogP contribution in [-0.2, 0) is 16.6 Å². The summed E-state index contributed by atoms with van der Waals surface area (Å²) < 4.78 is 26.9. The molecule has 21 heavy (non-hydrogen) atoms. The van der Waals surface area contributed by atoms with Gasteiger partial charge >= 0.3 is 0 Å². The maximum Gasteiger partial charge on any atom is 0.242 e. The number of halogens is 1. The summed E-state index contributed by atoms with van der Waals surface area (Å²) in [5, 5.41) is 0.215. The molecular formula is C15H15ClN2O2S. The fourth-order valence-corrected chi connectivity index (χ4v) is 3.61. The minimum absolute atomic E-state index is 0.0919. The first-order chi connectivity index (χ1) is 10.1. The third kappa shape index (κ3) is 3.43. The number of benzene rings is 1. The van der Waals surface area contributed by atoms with Gasteiger partial charge in [0.1, 0.15) is 4.90 Å². The van der Waals surface area contributed by atoms with Crippen molar-refractivity contribution in [2.75, 3.05) is 0 Å². The predicted octanol–water partition coefficient (Wildman–Crippen LogP) is 3.09. The van der Waals surface area contributed by atoms with Crippen LogP contribution in [0.25, 0.3) is 0 Å². The molecule has 1 N–H and O–H groups in total. The van der Waals surface area contributed by atoms with Gasteiger partial charge in [0.25, 0.3) is 0 Å². The molecule has 0 amide bonds. The summed E-state index contributed by atoms with van der Waals surface area (Å²) >= 11 is 5.92. The summed E-state index contributed by atoms with van der Waals surface area (Å²) in [6.45, 7) is 0.200. The zero-order valence-corrected chi connectivity index (χ0v) is 12.9. The second-order valence-corrected chi connectivity index (χ2v) is 7.26. The van der Waals surface area contributed by atoms with Crippen molar-refractivity contribution >= 4 is 21.6 Å². The molecule has 6 heteroatoms. The molecule has 4 nitrogen and oxygen atoms in total. The Kier molecular flexibility index (Phi) is 3.97. The number of nitrogens with zero attached hydrogens (tertiary/aromatic N) is 1. The van der Waals surface area contributed by atoms with Crippen LogP contribution in [0.2, 0.25) is 5.02 Å². The second-order valence-electron chi connectivity index (χ2n) is 5.12. The van der Waals surface area contributed by atoms with Crippen molar-refractivity contribution in [3.05, 3.63) is 58.9 Å². The first kappa shape index (κ1) is 14.5. The molecule has 1 aromatic heterocycles. The summed E-state index contributed by atoms with van der Waals surface area (Å²) in [5.74, 6) is 0.596. The number of pyridine rings is 1. The summed E-state index contributed by atoms with van der Waals surface area (Å²) in [7, 11) is -3.61. The quantitative estimate of drug-likeness (QED) is 0.920. The summed E-state index contributed by atoms with van der Waals surface area (Å²) in [6, 6.07) is 10.3. The van der Waals surface area contributed by atoms with Crippen LogP contribution in [0.5, 0.6) is 0 Å². The maximum atomic E-state index is 12.2. The van der Waals surface area contributed by atoms with Crippen molar-refractivity contribution in [3.8, 4) is 0 Å². The Labute approximate surface area is 129 Å². The van der Waals surface area contributed by atoms with E-state index in [9.17, 15) is 8.42 Å². The summed E-state index contributed by atoms with van der Waals surface area (Å²) in [4.78, 5) is 4.46. The number of sulfonamides is 1. The Bertz CT molecular complexity index is 741. The molecule has 0 saturated heterocycles. The lowest BCUT2D eigenvalue weighted by Gasteiger charge is -2.08. The molecular weight excluding hydrogens is 308 g/mol. The van der Waals surface area contributed by atoms with Gasteiger partial charge in [-0.2, -0.15) is 0 Å². The van der Waals surface area contributed by atoms with Crippen LogP contribution < -0.4 is 4.72 Å². The Morgan fingerprint density at radius 1 is 1.19 bits per heavy atom. The predicted molar refractivity (Wildman–Crippen MR) is 81.7 cm³/mol. The molecule has 0 unspecified atom stereocenters. The van der Waals surface area contributed by atoms with E-state index in [0.717, 1.165) is 11.3 Å². The van der Waals surface area contributed by atoms with Gasteiger partial charge in [0.2, 0.25) is 10.0 Å². The molecule has 0 bridgehead atoms. The van der Waals surface area contributed by atoms with Gasteiger partial charge in [-0.3, -0.25) is 4.98 Å². The van der Waals surface area contributed by atoms with Gasteiger partial charge in [0.05, 0.1) is 5.02 Å². The summed E-state index contributed by atoms with van der Waals surface area (Å²) in [6.07, 6.45) is 4.12. The van der Waals surface area contributed by atoms with E-state index in [1.807, 2.05) is 12.1 Å². The smallest absolute Gasteiger partial charge is 0.242 e. The number of aromatic nitrogens is 1. The van der Waals surface area contributed by atoms with Gasteiger partial charge in [-0.1, -0.05) is 29.8 Å². The number of rotatable bonds is 5. The molecule has 0 aliphatic heterocycles. The highest BCUT2D eigenvalue weighted by atomic mass is 35.5. The van der Waals surface area contributed by atoms with Gasteiger partial charge in [-0.25, -0.2) is 13.1 Å². The van der Waals surface area contributed by atoms with E-state index in [4.69, 9.17) is 11.6 Å². The second kappa shape index (κ2) is 5.75. The zero-order valence-electron chi connectivity index (χ0n) is 11.3. The Morgan fingerprint density at radius 3 is 2.57 bits per heavy atom. The average molecular weight is 323 g/mol. The van der Waals surface area contributed by atoms with Crippen molar-refractivity contribution in [2.24, 2.45) is 0 Å². The average Bonchev–Trinajstić information content (AvgIpc) is 3.31. The van der Waals surface area contributed by atoms with E-state index in [1.54, 1.807) is 24.4 Å². The maximum absolute atomic E-state index is 12.2. The van der Waals surface area contributed by atoms with Gasteiger partial charge in [0.15, 0.2) is 0 Å². The third-order valence-corrected chi connectivity index (χ3v) is 5.34. The molecule has 0 radical (unpaired) electrons. The third-order valence-electron chi connectivity index (χ3n) is 3.44. The highest BCUT2D eigenvalue weighted by Crippen LogP contribution is 2.38. The van der Waals surface area contributed by atoms with Gasteiger partial charge < -0.3 is 0 Å². The lowest BCUT2D eigenvalue weighted by atomic mass is 10.2.